The maximum Gasteiger partial charge on any atom is 0.316 e. The zero-order chi connectivity index (χ0) is 26.8. The van der Waals surface area contributed by atoms with E-state index in [1.165, 1.54) is 13.2 Å². The second-order valence-electron chi connectivity index (χ2n) is 9.32. The molecule has 3 heterocycles. The molecule has 2 atom stereocenters. The highest BCUT2D eigenvalue weighted by Crippen LogP contribution is 2.37. The van der Waals surface area contributed by atoms with E-state index >= 15 is 0 Å². The molecule has 196 valence electrons. The van der Waals surface area contributed by atoms with Crippen LogP contribution in [0.4, 0.5) is 8.78 Å². The number of benzene rings is 2. The molecule has 0 N–H and O–H groups in total. The lowest BCUT2D eigenvalue weighted by molar-refractivity contribution is -0.132. The summed E-state index contributed by atoms with van der Waals surface area (Å²) in [6, 6.07) is 13.5. The van der Waals surface area contributed by atoms with Crippen LogP contribution in [0.1, 0.15) is 29.3 Å². The highest BCUT2D eigenvalue weighted by atomic mass is 19.2. The van der Waals surface area contributed by atoms with Crippen LogP contribution in [-0.4, -0.2) is 51.3 Å². The number of nitrogens with zero attached hydrogens (tertiary/aromatic N) is 5. The zero-order valence-electron chi connectivity index (χ0n) is 21.3. The van der Waals surface area contributed by atoms with E-state index in [9.17, 15) is 13.6 Å². The molecule has 0 spiro atoms. The van der Waals surface area contributed by atoms with E-state index in [-0.39, 0.29) is 30.6 Å². The number of halogens is 2. The highest BCUT2D eigenvalue weighted by Gasteiger charge is 2.36. The van der Waals surface area contributed by atoms with Gasteiger partial charge in [-0.05, 0) is 42.3 Å². The number of ether oxygens (including phenoxy) is 1. The van der Waals surface area contributed by atoms with Gasteiger partial charge < -0.3 is 4.74 Å². The third kappa shape index (κ3) is 5.18. The number of hydrogen-bond acceptors (Lipinski definition) is 7. The van der Waals surface area contributed by atoms with Crippen molar-refractivity contribution in [1.29, 1.82) is 0 Å². The Hall–Kier alpha value is -4.02. The Bertz CT molecular complexity index is 1440. The van der Waals surface area contributed by atoms with Crippen LogP contribution in [-0.2, 0) is 16.1 Å². The molecule has 8 nitrogen and oxygen atoms in total. The van der Waals surface area contributed by atoms with Gasteiger partial charge in [0.2, 0.25) is 0 Å². The van der Waals surface area contributed by atoms with Gasteiger partial charge in [-0.15, -0.1) is 0 Å². The Kier molecular flexibility index (Phi) is 7.26. The normalized spacial score (nSPS) is 17.6. The molecule has 0 saturated carbocycles. The topological polar surface area (TPSA) is 82.4 Å². The molecule has 0 bridgehead atoms. The minimum atomic E-state index is -0.942. The van der Waals surface area contributed by atoms with Gasteiger partial charge in [-0.3, -0.25) is 9.63 Å². The summed E-state index contributed by atoms with van der Waals surface area (Å²) in [6.07, 6.45) is 3.07. The number of carbonyl (C=O) groups excluding carboxylic acids is 1. The molecular weight excluding hydrogens is 492 g/mol. The summed E-state index contributed by atoms with van der Waals surface area (Å²) < 4.78 is 34.2. The summed E-state index contributed by atoms with van der Waals surface area (Å²) in [5.74, 6) is -2.10. The van der Waals surface area contributed by atoms with Crippen LogP contribution in [0.5, 0.6) is 6.01 Å². The van der Waals surface area contributed by atoms with Crippen molar-refractivity contribution in [3.05, 3.63) is 89.4 Å². The van der Waals surface area contributed by atoms with E-state index in [0.717, 1.165) is 29.1 Å². The summed E-state index contributed by atoms with van der Waals surface area (Å²) in [5.41, 5.74) is 4.29. The van der Waals surface area contributed by atoms with Gasteiger partial charge in [0.05, 0.1) is 24.2 Å². The molecule has 10 heteroatoms. The van der Waals surface area contributed by atoms with Crippen LogP contribution < -0.4 is 4.74 Å². The van der Waals surface area contributed by atoms with E-state index in [2.05, 4.69) is 9.97 Å². The monoisotopic (exact) mass is 519 g/mol. The highest BCUT2D eigenvalue weighted by molar-refractivity contribution is 5.82. The molecule has 1 fully saturated rings. The summed E-state index contributed by atoms with van der Waals surface area (Å²) in [7, 11) is 3.26. The first-order valence-electron chi connectivity index (χ1n) is 12.2. The van der Waals surface area contributed by atoms with Crippen molar-refractivity contribution in [2.45, 2.75) is 25.9 Å². The second kappa shape index (κ2) is 10.8. The lowest BCUT2D eigenvalue weighted by atomic mass is 9.90. The maximum absolute atomic E-state index is 13.9. The van der Waals surface area contributed by atoms with Crippen molar-refractivity contribution < 1.29 is 23.1 Å². The van der Waals surface area contributed by atoms with Crippen molar-refractivity contribution >= 4 is 5.78 Å². The SMILES string of the molecule is COc1ncc(-c2nn(-c3ccccc3)c(CC(=O)C[C@@H]3CN(C)O[C@H]3c3ccc(F)c(F)c3)c2C)cn1. The fraction of sp³-hybridized carbons (Fsp3) is 0.286. The first-order valence-corrected chi connectivity index (χ1v) is 12.2. The fourth-order valence-electron chi connectivity index (χ4n) is 4.83. The average molecular weight is 520 g/mol. The lowest BCUT2D eigenvalue weighted by Crippen LogP contribution is -2.19. The first kappa shape index (κ1) is 25.6. The van der Waals surface area contributed by atoms with Crippen molar-refractivity contribution in [1.82, 2.24) is 24.8 Å². The van der Waals surface area contributed by atoms with Crippen LogP contribution in [0.25, 0.3) is 16.9 Å². The molecule has 0 aliphatic carbocycles. The third-order valence-electron chi connectivity index (χ3n) is 6.67. The molecule has 0 radical (unpaired) electrons. The fourth-order valence-corrected chi connectivity index (χ4v) is 4.83. The summed E-state index contributed by atoms with van der Waals surface area (Å²) in [6.45, 7) is 2.41. The zero-order valence-corrected chi connectivity index (χ0v) is 21.3. The molecule has 5 rings (SSSR count). The number of hydrogen-bond donors (Lipinski definition) is 0. The summed E-state index contributed by atoms with van der Waals surface area (Å²) in [4.78, 5) is 27.7. The number of ketones is 1. The molecule has 1 aliphatic rings. The van der Waals surface area contributed by atoms with Crippen molar-refractivity contribution in [3.63, 3.8) is 0 Å². The summed E-state index contributed by atoms with van der Waals surface area (Å²) >= 11 is 0. The molecule has 2 aromatic heterocycles. The number of carbonyl (C=O) groups is 1. The van der Waals surface area contributed by atoms with Crippen molar-refractivity contribution in [3.8, 4) is 23.0 Å². The molecule has 38 heavy (non-hydrogen) atoms. The second-order valence-corrected chi connectivity index (χ2v) is 9.32. The maximum atomic E-state index is 13.9. The van der Waals surface area contributed by atoms with E-state index in [4.69, 9.17) is 14.7 Å². The number of Topliss-reactive ketones (excluding diaryl/α,β-unsaturated/α-hetero) is 1. The predicted octanol–water partition coefficient (Wildman–Crippen LogP) is 4.66. The van der Waals surface area contributed by atoms with Gasteiger partial charge in [-0.1, -0.05) is 24.3 Å². The molecule has 4 aromatic rings. The minimum Gasteiger partial charge on any atom is -0.467 e. The largest absolute Gasteiger partial charge is 0.467 e. The van der Waals surface area contributed by atoms with Gasteiger partial charge in [0.15, 0.2) is 11.6 Å². The Morgan fingerprint density at radius 3 is 2.53 bits per heavy atom. The van der Waals surface area contributed by atoms with Gasteiger partial charge in [-0.2, -0.15) is 10.2 Å². The number of rotatable bonds is 8. The number of aromatic nitrogens is 4. The van der Waals surface area contributed by atoms with Crippen molar-refractivity contribution in [2.75, 3.05) is 20.7 Å². The van der Waals surface area contributed by atoms with E-state index in [0.29, 0.717) is 23.4 Å². The van der Waals surface area contributed by atoms with Crippen LogP contribution in [0, 0.1) is 24.5 Å². The molecule has 0 amide bonds. The van der Waals surface area contributed by atoms with Crippen molar-refractivity contribution in [2.24, 2.45) is 5.92 Å². The van der Waals surface area contributed by atoms with Crippen LogP contribution in [0.3, 0.4) is 0 Å². The van der Waals surface area contributed by atoms with Crippen LogP contribution in [0.2, 0.25) is 0 Å². The Balaban J connectivity index is 1.43. The molecule has 2 aromatic carbocycles. The minimum absolute atomic E-state index is 0.0146. The smallest absolute Gasteiger partial charge is 0.316 e. The van der Waals surface area contributed by atoms with Gasteiger partial charge >= 0.3 is 6.01 Å². The molecular formula is C28H27F2N5O3. The Labute approximate surface area is 218 Å². The van der Waals surface area contributed by atoms with E-state index in [1.54, 1.807) is 29.2 Å². The third-order valence-corrected chi connectivity index (χ3v) is 6.67. The first-order chi connectivity index (χ1) is 18.3. The molecule has 1 saturated heterocycles. The van der Waals surface area contributed by atoms with Gasteiger partial charge in [0.1, 0.15) is 11.9 Å². The average Bonchev–Trinajstić information content (AvgIpc) is 3.45. The number of hydroxylamine groups is 2. The standard InChI is InChI=1S/C28H27F2N5O3/c1-17-25(13-22(36)11-19-16-34(2)38-27(19)18-9-10-23(29)24(30)12-18)35(21-7-5-4-6-8-21)33-26(17)20-14-31-28(37-3)32-15-20/h4-10,12,14-15,19,27H,11,13,16H2,1-3H3/t19-,27+/m1/s1. The predicted molar refractivity (Wildman–Crippen MR) is 136 cm³/mol. The summed E-state index contributed by atoms with van der Waals surface area (Å²) in [5, 5.41) is 6.45. The van der Waals surface area contributed by atoms with E-state index < -0.39 is 17.7 Å². The molecule has 0 unspecified atom stereocenters. The number of para-hydroxylation sites is 1. The van der Waals surface area contributed by atoms with Crippen LogP contribution in [0.15, 0.2) is 60.9 Å². The van der Waals surface area contributed by atoms with Crippen LogP contribution >= 0.6 is 0 Å². The Morgan fingerprint density at radius 2 is 1.84 bits per heavy atom. The number of methoxy groups -OCH3 is 1. The van der Waals surface area contributed by atoms with Gasteiger partial charge in [0.25, 0.3) is 0 Å². The van der Waals surface area contributed by atoms with Gasteiger partial charge in [-0.25, -0.2) is 23.4 Å². The quantitative estimate of drug-likeness (QED) is 0.335. The van der Waals surface area contributed by atoms with Gasteiger partial charge in [0, 0.05) is 50.3 Å². The Morgan fingerprint density at radius 1 is 1.11 bits per heavy atom. The lowest BCUT2D eigenvalue weighted by Gasteiger charge is -2.17. The van der Waals surface area contributed by atoms with E-state index in [1.807, 2.05) is 37.3 Å². The molecule has 1 aliphatic heterocycles.